The summed E-state index contributed by atoms with van der Waals surface area (Å²) in [6.07, 6.45) is -6.48. The van der Waals surface area contributed by atoms with Gasteiger partial charge in [-0.3, -0.25) is 9.69 Å². The van der Waals surface area contributed by atoms with Gasteiger partial charge in [0.05, 0.1) is 17.0 Å². The molecule has 1 aliphatic rings. The molecule has 4 unspecified atom stereocenters. The minimum Gasteiger partial charge on any atom is -0.481 e. The predicted molar refractivity (Wildman–Crippen MR) is 129 cm³/mol. The van der Waals surface area contributed by atoms with Crippen molar-refractivity contribution in [2.75, 3.05) is 6.54 Å². The van der Waals surface area contributed by atoms with Gasteiger partial charge in [0.25, 0.3) is 0 Å². The van der Waals surface area contributed by atoms with Crippen LogP contribution in [-0.4, -0.2) is 22.5 Å². The number of piperidine rings is 1. The number of alkyl halides is 6. The van der Waals surface area contributed by atoms with Crippen LogP contribution >= 0.6 is 0 Å². The molecule has 1 fully saturated rings. The fourth-order valence-corrected chi connectivity index (χ4v) is 5.17. The van der Waals surface area contributed by atoms with Gasteiger partial charge < -0.3 is 5.11 Å². The van der Waals surface area contributed by atoms with Crippen molar-refractivity contribution in [3.63, 3.8) is 0 Å². The van der Waals surface area contributed by atoms with E-state index >= 15 is 0 Å². The average molecular weight is 530 g/mol. The molecule has 1 heterocycles. The van der Waals surface area contributed by atoms with Crippen LogP contribution in [0.3, 0.4) is 0 Å². The Bertz CT molecular complexity index is 1030. The molecule has 4 atom stereocenters. The van der Waals surface area contributed by atoms with E-state index < -0.39 is 35.4 Å². The molecule has 3 rings (SSSR count). The highest BCUT2D eigenvalue weighted by Gasteiger charge is 2.39. The lowest BCUT2D eigenvalue weighted by atomic mass is 9.78. The van der Waals surface area contributed by atoms with Gasteiger partial charge >= 0.3 is 18.3 Å². The highest BCUT2D eigenvalue weighted by molar-refractivity contribution is 5.69. The van der Waals surface area contributed by atoms with Crippen LogP contribution in [-0.2, 0) is 17.1 Å². The molecule has 2 aromatic rings. The number of halogens is 6. The van der Waals surface area contributed by atoms with Crippen molar-refractivity contribution < 1.29 is 36.2 Å². The zero-order chi connectivity index (χ0) is 27.5. The molecule has 1 aliphatic heterocycles. The van der Waals surface area contributed by atoms with Crippen LogP contribution in [0, 0.1) is 17.8 Å². The molecule has 0 aromatic heterocycles. The first-order valence-electron chi connectivity index (χ1n) is 12.5. The normalized spacial score (nSPS) is 21.1. The van der Waals surface area contributed by atoms with Crippen molar-refractivity contribution in [1.82, 2.24) is 4.90 Å². The van der Waals surface area contributed by atoms with Crippen LogP contribution in [0.1, 0.15) is 80.8 Å². The molecule has 9 heteroatoms. The lowest BCUT2D eigenvalue weighted by molar-refractivity contribution is -0.144. The number of nitrogens with zero attached hydrogens (tertiary/aromatic N) is 1. The van der Waals surface area contributed by atoms with Gasteiger partial charge in [-0.05, 0) is 79.5 Å². The number of carboxylic acid groups (broad SMARTS) is 1. The summed E-state index contributed by atoms with van der Waals surface area (Å²) in [6.45, 7) is 6.23. The van der Waals surface area contributed by atoms with Gasteiger partial charge in [0, 0.05) is 12.1 Å². The molecule has 0 spiro atoms. The van der Waals surface area contributed by atoms with Crippen LogP contribution in [0.15, 0.2) is 48.5 Å². The lowest BCUT2D eigenvalue weighted by Crippen LogP contribution is -2.42. The third-order valence-electron chi connectivity index (χ3n) is 7.44. The van der Waals surface area contributed by atoms with Crippen molar-refractivity contribution in [2.24, 2.45) is 17.8 Å². The summed E-state index contributed by atoms with van der Waals surface area (Å²) >= 11 is 0. The largest absolute Gasteiger partial charge is 0.481 e. The number of carboxylic acids is 1. The van der Waals surface area contributed by atoms with Gasteiger partial charge in [0.1, 0.15) is 0 Å². The standard InChI is InChI=1S/C28H33F6NO2/c1-17(2)4-13-24(19-5-9-22(10-6-19)27(29,30)31)35-15-14-21(18(3)26(36)37)16-25(35)20-7-11-23(12-8-20)28(32,33)34/h5-12,17-18,21,24-25H,4,13-16H2,1-3H3,(H,36,37). The Labute approximate surface area is 213 Å². The summed E-state index contributed by atoms with van der Waals surface area (Å²) in [6, 6.07) is 9.35. The molecule has 3 nitrogen and oxygen atoms in total. The Kier molecular flexibility index (Phi) is 8.98. The van der Waals surface area contributed by atoms with Crippen molar-refractivity contribution in [2.45, 2.75) is 70.9 Å². The quantitative estimate of drug-likeness (QED) is 0.349. The Hall–Kier alpha value is -2.55. The molecular formula is C28H33F6NO2. The first-order valence-corrected chi connectivity index (χ1v) is 12.5. The van der Waals surface area contributed by atoms with Crippen molar-refractivity contribution in [3.8, 4) is 0 Å². The summed E-state index contributed by atoms with van der Waals surface area (Å²) in [5.74, 6) is -1.39. The fourth-order valence-electron chi connectivity index (χ4n) is 5.17. The van der Waals surface area contributed by atoms with Crippen LogP contribution in [0.2, 0.25) is 0 Å². The van der Waals surface area contributed by atoms with E-state index in [-0.39, 0.29) is 18.0 Å². The number of hydrogen-bond acceptors (Lipinski definition) is 2. The topological polar surface area (TPSA) is 40.5 Å². The number of likely N-dealkylation sites (tertiary alicyclic amines) is 1. The van der Waals surface area contributed by atoms with E-state index in [0.29, 0.717) is 42.9 Å². The molecule has 0 amide bonds. The van der Waals surface area contributed by atoms with Crippen molar-refractivity contribution in [1.29, 1.82) is 0 Å². The Morgan fingerprint density at radius 2 is 1.41 bits per heavy atom. The third-order valence-corrected chi connectivity index (χ3v) is 7.44. The second-order valence-corrected chi connectivity index (χ2v) is 10.4. The van der Waals surface area contributed by atoms with E-state index in [2.05, 4.69) is 18.7 Å². The third kappa shape index (κ3) is 7.27. The second kappa shape index (κ2) is 11.5. The second-order valence-electron chi connectivity index (χ2n) is 10.4. The van der Waals surface area contributed by atoms with Gasteiger partial charge in [0.2, 0.25) is 0 Å². The zero-order valence-electron chi connectivity index (χ0n) is 21.1. The SMILES string of the molecule is CC(C)CCC(c1ccc(C(F)(F)F)cc1)N1CCC(C(C)C(=O)O)CC1c1ccc(C(F)(F)F)cc1. The van der Waals surface area contributed by atoms with E-state index in [1.807, 2.05) is 0 Å². The van der Waals surface area contributed by atoms with E-state index in [9.17, 15) is 36.2 Å². The molecule has 0 radical (unpaired) electrons. The first kappa shape index (κ1) is 29.0. The maximum atomic E-state index is 13.2. The number of aliphatic carboxylic acids is 1. The maximum absolute atomic E-state index is 13.2. The smallest absolute Gasteiger partial charge is 0.416 e. The highest BCUT2D eigenvalue weighted by atomic mass is 19.4. The van der Waals surface area contributed by atoms with Gasteiger partial charge in [-0.25, -0.2) is 0 Å². The summed E-state index contributed by atoms with van der Waals surface area (Å²) in [5.41, 5.74) is -0.174. The molecule has 2 aromatic carbocycles. The van der Waals surface area contributed by atoms with E-state index in [0.717, 1.165) is 30.7 Å². The molecule has 1 N–H and O–H groups in total. The van der Waals surface area contributed by atoms with Gasteiger partial charge in [0.15, 0.2) is 0 Å². The molecular weight excluding hydrogens is 496 g/mol. The summed E-state index contributed by atoms with van der Waals surface area (Å²) in [5, 5.41) is 9.58. The Balaban J connectivity index is 2.02. The zero-order valence-corrected chi connectivity index (χ0v) is 21.1. The van der Waals surface area contributed by atoms with Gasteiger partial charge in [-0.15, -0.1) is 0 Å². The van der Waals surface area contributed by atoms with Crippen molar-refractivity contribution in [3.05, 3.63) is 70.8 Å². The number of hydrogen-bond donors (Lipinski definition) is 1. The average Bonchev–Trinajstić information content (AvgIpc) is 2.83. The maximum Gasteiger partial charge on any atom is 0.416 e. The van der Waals surface area contributed by atoms with E-state index in [4.69, 9.17) is 0 Å². The Morgan fingerprint density at radius 3 is 1.86 bits per heavy atom. The number of carbonyl (C=O) groups is 1. The number of benzene rings is 2. The van der Waals surface area contributed by atoms with Crippen LogP contribution in [0.25, 0.3) is 0 Å². The fraction of sp³-hybridized carbons (Fsp3) is 0.536. The van der Waals surface area contributed by atoms with Crippen LogP contribution in [0.5, 0.6) is 0 Å². The molecule has 0 saturated carbocycles. The van der Waals surface area contributed by atoms with Gasteiger partial charge in [-0.2, -0.15) is 26.3 Å². The molecule has 37 heavy (non-hydrogen) atoms. The summed E-state index contributed by atoms with van der Waals surface area (Å²) < 4.78 is 79.1. The van der Waals surface area contributed by atoms with E-state index in [1.54, 1.807) is 6.92 Å². The molecule has 204 valence electrons. The summed E-state index contributed by atoms with van der Waals surface area (Å²) in [4.78, 5) is 13.8. The minimum atomic E-state index is -4.48. The number of rotatable bonds is 8. The molecule has 1 saturated heterocycles. The van der Waals surface area contributed by atoms with Gasteiger partial charge in [-0.1, -0.05) is 45.0 Å². The monoisotopic (exact) mass is 529 g/mol. The summed E-state index contributed by atoms with van der Waals surface area (Å²) in [7, 11) is 0. The first-order chi connectivity index (χ1) is 17.2. The minimum absolute atomic E-state index is 0.181. The molecule has 0 bridgehead atoms. The van der Waals surface area contributed by atoms with Crippen molar-refractivity contribution >= 4 is 5.97 Å². The predicted octanol–water partition coefficient (Wildman–Crippen LogP) is 8.38. The Morgan fingerprint density at radius 1 is 0.892 bits per heavy atom. The highest BCUT2D eigenvalue weighted by Crippen LogP contribution is 2.44. The van der Waals surface area contributed by atoms with E-state index in [1.165, 1.54) is 24.3 Å². The lowest BCUT2D eigenvalue weighted by Gasteiger charge is -2.45. The van der Waals surface area contributed by atoms with Crippen LogP contribution in [0.4, 0.5) is 26.3 Å². The van der Waals surface area contributed by atoms with Crippen LogP contribution < -0.4 is 0 Å². The molecule has 0 aliphatic carbocycles.